The number of amides is 1. The van der Waals surface area contributed by atoms with E-state index in [4.69, 9.17) is 4.74 Å². The SMILES string of the molecule is CCOC(=O)CCCNC(=O)c1ccc(-c2cccc(F)c2)nc1. The van der Waals surface area contributed by atoms with Crippen molar-refractivity contribution >= 4 is 11.9 Å². The normalized spacial score (nSPS) is 10.2. The van der Waals surface area contributed by atoms with E-state index in [-0.39, 0.29) is 24.1 Å². The van der Waals surface area contributed by atoms with Crippen molar-refractivity contribution in [2.75, 3.05) is 13.2 Å². The van der Waals surface area contributed by atoms with Crippen molar-refractivity contribution in [3.8, 4) is 11.3 Å². The maximum absolute atomic E-state index is 13.2. The third kappa shape index (κ3) is 5.15. The molecule has 1 heterocycles. The molecule has 0 spiro atoms. The Morgan fingerprint density at radius 1 is 1.25 bits per heavy atom. The summed E-state index contributed by atoms with van der Waals surface area (Å²) in [5.41, 5.74) is 1.65. The molecule has 1 aromatic carbocycles. The molecule has 6 heteroatoms. The van der Waals surface area contributed by atoms with Gasteiger partial charge in [0.05, 0.1) is 17.9 Å². The lowest BCUT2D eigenvalue weighted by molar-refractivity contribution is -0.143. The monoisotopic (exact) mass is 330 g/mol. The summed E-state index contributed by atoms with van der Waals surface area (Å²) in [7, 11) is 0. The number of hydrogen-bond acceptors (Lipinski definition) is 4. The molecule has 0 radical (unpaired) electrons. The van der Waals surface area contributed by atoms with Gasteiger partial charge in [-0.2, -0.15) is 0 Å². The van der Waals surface area contributed by atoms with Gasteiger partial charge in [0.2, 0.25) is 0 Å². The molecule has 24 heavy (non-hydrogen) atoms. The van der Waals surface area contributed by atoms with Crippen molar-refractivity contribution in [1.82, 2.24) is 10.3 Å². The average molecular weight is 330 g/mol. The van der Waals surface area contributed by atoms with Gasteiger partial charge in [0.1, 0.15) is 5.82 Å². The maximum Gasteiger partial charge on any atom is 0.305 e. The first-order chi connectivity index (χ1) is 11.6. The van der Waals surface area contributed by atoms with Crippen LogP contribution in [0.3, 0.4) is 0 Å². The van der Waals surface area contributed by atoms with E-state index in [0.717, 1.165) is 0 Å². The Morgan fingerprint density at radius 2 is 2.08 bits per heavy atom. The summed E-state index contributed by atoms with van der Waals surface area (Å²) in [6.45, 7) is 2.48. The van der Waals surface area contributed by atoms with Gasteiger partial charge in [0, 0.05) is 24.7 Å². The Hall–Kier alpha value is -2.76. The zero-order chi connectivity index (χ0) is 17.4. The summed E-state index contributed by atoms with van der Waals surface area (Å²) in [4.78, 5) is 27.4. The fourth-order valence-electron chi connectivity index (χ4n) is 2.12. The molecular weight excluding hydrogens is 311 g/mol. The molecule has 0 aliphatic heterocycles. The van der Waals surface area contributed by atoms with Crippen LogP contribution in [0.2, 0.25) is 0 Å². The number of carbonyl (C=O) groups is 2. The first-order valence-corrected chi connectivity index (χ1v) is 7.76. The molecule has 126 valence electrons. The minimum Gasteiger partial charge on any atom is -0.466 e. The van der Waals surface area contributed by atoms with Crippen LogP contribution < -0.4 is 5.32 Å². The molecule has 0 saturated heterocycles. The Kier molecular flexibility index (Phi) is 6.42. The minimum atomic E-state index is -0.335. The average Bonchev–Trinajstić information content (AvgIpc) is 2.59. The van der Waals surface area contributed by atoms with E-state index >= 15 is 0 Å². The zero-order valence-corrected chi connectivity index (χ0v) is 13.4. The predicted molar refractivity (Wildman–Crippen MR) is 87.8 cm³/mol. The molecule has 2 rings (SSSR count). The lowest BCUT2D eigenvalue weighted by atomic mass is 10.1. The molecule has 0 aliphatic rings. The van der Waals surface area contributed by atoms with E-state index in [1.165, 1.54) is 18.3 Å². The maximum atomic E-state index is 13.2. The molecular formula is C18H19FN2O3. The van der Waals surface area contributed by atoms with Crippen LogP contribution in [-0.4, -0.2) is 30.0 Å². The van der Waals surface area contributed by atoms with Gasteiger partial charge < -0.3 is 10.1 Å². The number of nitrogens with zero attached hydrogens (tertiary/aromatic N) is 1. The fraction of sp³-hybridized carbons (Fsp3) is 0.278. The van der Waals surface area contributed by atoms with Crippen LogP contribution in [0.5, 0.6) is 0 Å². The second kappa shape index (κ2) is 8.76. The molecule has 0 aliphatic carbocycles. The van der Waals surface area contributed by atoms with Crippen LogP contribution in [0, 0.1) is 5.82 Å². The predicted octanol–water partition coefficient (Wildman–Crippen LogP) is 2.96. The van der Waals surface area contributed by atoms with Crippen molar-refractivity contribution in [2.24, 2.45) is 0 Å². The first-order valence-electron chi connectivity index (χ1n) is 7.76. The molecule has 2 aromatic rings. The number of pyridine rings is 1. The first kappa shape index (κ1) is 17.6. The van der Waals surface area contributed by atoms with E-state index in [9.17, 15) is 14.0 Å². The number of rotatable bonds is 7. The summed E-state index contributed by atoms with van der Waals surface area (Å²) in [6, 6.07) is 9.41. The lowest BCUT2D eigenvalue weighted by Crippen LogP contribution is -2.25. The molecule has 0 saturated carbocycles. The van der Waals surface area contributed by atoms with Gasteiger partial charge in [-0.25, -0.2) is 4.39 Å². The van der Waals surface area contributed by atoms with E-state index < -0.39 is 0 Å². The molecule has 1 amide bonds. The van der Waals surface area contributed by atoms with Gasteiger partial charge in [-0.1, -0.05) is 12.1 Å². The van der Waals surface area contributed by atoms with Gasteiger partial charge in [-0.15, -0.1) is 0 Å². The van der Waals surface area contributed by atoms with Crippen LogP contribution >= 0.6 is 0 Å². The van der Waals surface area contributed by atoms with E-state index in [0.29, 0.717) is 36.4 Å². The van der Waals surface area contributed by atoms with Crippen LogP contribution in [0.1, 0.15) is 30.1 Å². The summed E-state index contributed by atoms with van der Waals surface area (Å²) in [5, 5.41) is 2.72. The van der Waals surface area contributed by atoms with Crippen molar-refractivity contribution < 1.29 is 18.7 Å². The highest BCUT2D eigenvalue weighted by atomic mass is 19.1. The summed E-state index contributed by atoms with van der Waals surface area (Å²) in [6.07, 6.45) is 2.23. The smallest absolute Gasteiger partial charge is 0.305 e. The molecule has 1 aromatic heterocycles. The summed E-state index contributed by atoms with van der Waals surface area (Å²) >= 11 is 0. The van der Waals surface area contributed by atoms with Gasteiger partial charge in [-0.05, 0) is 37.6 Å². The number of hydrogen-bond donors (Lipinski definition) is 1. The minimum absolute atomic E-state index is 0.267. The summed E-state index contributed by atoms with van der Waals surface area (Å²) in [5.74, 6) is -0.872. The van der Waals surface area contributed by atoms with E-state index in [2.05, 4.69) is 10.3 Å². The quantitative estimate of drug-likeness (QED) is 0.626. The Balaban J connectivity index is 1.86. The second-order valence-electron chi connectivity index (χ2n) is 5.11. The second-order valence-corrected chi connectivity index (χ2v) is 5.11. The van der Waals surface area contributed by atoms with Gasteiger partial charge in [-0.3, -0.25) is 14.6 Å². The van der Waals surface area contributed by atoms with Crippen molar-refractivity contribution in [2.45, 2.75) is 19.8 Å². The number of nitrogens with one attached hydrogen (secondary N) is 1. The zero-order valence-electron chi connectivity index (χ0n) is 13.4. The topological polar surface area (TPSA) is 68.3 Å². The van der Waals surface area contributed by atoms with Gasteiger partial charge >= 0.3 is 5.97 Å². The highest BCUT2D eigenvalue weighted by Gasteiger charge is 2.08. The molecule has 1 N–H and O–H groups in total. The molecule has 5 nitrogen and oxygen atoms in total. The van der Waals surface area contributed by atoms with Crippen LogP contribution in [0.15, 0.2) is 42.6 Å². The highest BCUT2D eigenvalue weighted by Crippen LogP contribution is 2.17. The lowest BCUT2D eigenvalue weighted by Gasteiger charge is -2.06. The number of ether oxygens (including phenoxy) is 1. The van der Waals surface area contributed by atoms with Crippen molar-refractivity contribution in [3.05, 3.63) is 54.0 Å². The number of esters is 1. The Labute approximate surface area is 139 Å². The Morgan fingerprint density at radius 3 is 2.75 bits per heavy atom. The standard InChI is InChI=1S/C18H19FN2O3/c1-2-24-17(22)7-4-10-20-18(23)14-8-9-16(21-12-14)13-5-3-6-15(19)11-13/h3,5-6,8-9,11-12H,2,4,7,10H2,1H3,(H,20,23). The Bertz CT molecular complexity index is 702. The molecule has 0 bridgehead atoms. The number of aromatic nitrogens is 1. The van der Waals surface area contributed by atoms with E-state index in [1.54, 1.807) is 31.2 Å². The third-order valence-corrected chi connectivity index (χ3v) is 3.29. The fourth-order valence-corrected chi connectivity index (χ4v) is 2.12. The van der Waals surface area contributed by atoms with Crippen molar-refractivity contribution in [1.29, 1.82) is 0 Å². The largest absolute Gasteiger partial charge is 0.466 e. The van der Waals surface area contributed by atoms with Crippen LogP contribution in [-0.2, 0) is 9.53 Å². The van der Waals surface area contributed by atoms with Gasteiger partial charge in [0.25, 0.3) is 5.91 Å². The summed E-state index contributed by atoms with van der Waals surface area (Å²) < 4.78 is 18.0. The molecule has 0 atom stereocenters. The van der Waals surface area contributed by atoms with Crippen LogP contribution in [0.4, 0.5) is 4.39 Å². The van der Waals surface area contributed by atoms with Crippen molar-refractivity contribution in [3.63, 3.8) is 0 Å². The van der Waals surface area contributed by atoms with E-state index in [1.807, 2.05) is 0 Å². The van der Waals surface area contributed by atoms with Crippen LogP contribution in [0.25, 0.3) is 11.3 Å². The molecule has 0 unspecified atom stereocenters. The highest BCUT2D eigenvalue weighted by molar-refractivity contribution is 5.94. The number of benzene rings is 1. The number of carbonyl (C=O) groups excluding carboxylic acids is 2. The molecule has 0 fully saturated rings. The third-order valence-electron chi connectivity index (χ3n) is 3.29. The van der Waals surface area contributed by atoms with Gasteiger partial charge in [0.15, 0.2) is 0 Å². The number of halogens is 1.